The van der Waals surface area contributed by atoms with E-state index in [1.54, 1.807) is 24.0 Å². The molecule has 0 aliphatic carbocycles. The summed E-state index contributed by atoms with van der Waals surface area (Å²) in [5, 5.41) is 13.5. The zero-order valence-electron chi connectivity index (χ0n) is 13.6. The number of nitrogen functional groups attached to an aromatic ring is 1. The van der Waals surface area contributed by atoms with Crippen molar-refractivity contribution in [3.63, 3.8) is 0 Å². The highest BCUT2D eigenvalue weighted by molar-refractivity contribution is 6.01. The molecule has 3 rings (SSSR count). The first-order chi connectivity index (χ1) is 11.4. The number of carboxylic acid groups (broad SMARTS) is 1. The fraction of sp³-hybridized carbons (Fsp3) is 0.235. The van der Waals surface area contributed by atoms with Crippen molar-refractivity contribution in [1.82, 2.24) is 10.1 Å². The number of hydrogen-bond donors (Lipinski definition) is 2. The van der Waals surface area contributed by atoms with Gasteiger partial charge in [0, 0.05) is 23.0 Å². The van der Waals surface area contributed by atoms with Gasteiger partial charge in [-0.25, -0.2) is 4.79 Å². The molecule has 0 saturated heterocycles. The van der Waals surface area contributed by atoms with Crippen LogP contribution < -0.4 is 10.6 Å². The normalized spacial score (nSPS) is 17.9. The van der Waals surface area contributed by atoms with E-state index in [-0.39, 0.29) is 17.4 Å². The first-order valence-electron chi connectivity index (χ1n) is 7.50. The molecular weight excluding hydrogens is 308 g/mol. The van der Waals surface area contributed by atoms with Crippen molar-refractivity contribution >= 4 is 23.0 Å². The van der Waals surface area contributed by atoms with Gasteiger partial charge in [-0.3, -0.25) is 0 Å². The maximum atomic E-state index is 11.9. The number of aryl methyl sites for hydroxylation is 1. The average molecular weight is 326 g/mol. The van der Waals surface area contributed by atoms with E-state index in [2.05, 4.69) is 10.1 Å². The lowest BCUT2D eigenvalue weighted by atomic mass is 9.92. The van der Waals surface area contributed by atoms with Gasteiger partial charge in [0.15, 0.2) is 5.82 Å². The van der Waals surface area contributed by atoms with Gasteiger partial charge in [0.25, 0.3) is 5.89 Å². The third kappa shape index (κ3) is 2.64. The van der Waals surface area contributed by atoms with Crippen molar-refractivity contribution in [3.05, 3.63) is 53.3 Å². The van der Waals surface area contributed by atoms with Crippen molar-refractivity contribution < 1.29 is 14.4 Å². The van der Waals surface area contributed by atoms with Crippen LogP contribution in [0.3, 0.4) is 0 Å². The van der Waals surface area contributed by atoms with Gasteiger partial charge in [0.1, 0.15) is 5.70 Å². The molecule has 0 fully saturated rings. The number of hydrogen-bond acceptors (Lipinski definition) is 6. The third-order valence-corrected chi connectivity index (χ3v) is 3.87. The Bertz CT molecular complexity index is 866. The summed E-state index contributed by atoms with van der Waals surface area (Å²) in [6.45, 7) is 5.42. The number of aliphatic carboxylic acids is 1. The Morgan fingerprint density at radius 3 is 2.71 bits per heavy atom. The van der Waals surface area contributed by atoms with Crippen molar-refractivity contribution in [1.29, 1.82) is 0 Å². The molecule has 0 saturated carbocycles. The molecule has 7 nitrogen and oxygen atoms in total. The van der Waals surface area contributed by atoms with Gasteiger partial charge in [-0.05, 0) is 32.0 Å². The Morgan fingerprint density at radius 2 is 2.12 bits per heavy atom. The van der Waals surface area contributed by atoms with E-state index >= 15 is 0 Å². The van der Waals surface area contributed by atoms with Crippen LogP contribution in [0.25, 0.3) is 5.70 Å². The minimum atomic E-state index is -1.02. The van der Waals surface area contributed by atoms with Crippen molar-refractivity contribution in [2.45, 2.75) is 20.8 Å². The van der Waals surface area contributed by atoms with E-state index in [4.69, 9.17) is 10.3 Å². The Morgan fingerprint density at radius 1 is 1.38 bits per heavy atom. The van der Waals surface area contributed by atoms with Crippen LogP contribution in [0, 0.1) is 12.8 Å². The number of benzene rings is 1. The molecule has 1 aromatic heterocycles. The van der Waals surface area contributed by atoms with E-state index in [0.717, 1.165) is 11.4 Å². The Labute approximate surface area is 139 Å². The average Bonchev–Trinajstić information content (AvgIpc) is 2.92. The van der Waals surface area contributed by atoms with E-state index in [1.165, 1.54) is 0 Å². The van der Waals surface area contributed by atoms with E-state index < -0.39 is 5.97 Å². The highest BCUT2D eigenvalue weighted by Gasteiger charge is 2.34. The molecule has 124 valence electrons. The minimum absolute atomic E-state index is 0.173. The second-order valence-corrected chi connectivity index (χ2v) is 5.74. The van der Waals surface area contributed by atoms with Crippen LogP contribution in [-0.4, -0.2) is 21.2 Å². The number of nitrogens with two attached hydrogens (primary N) is 1. The van der Waals surface area contributed by atoms with Crippen LogP contribution in [0.2, 0.25) is 0 Å². The first kappa shape index (κ1) is 15.8. The fourth-order valence-corrected chi connectivity index (χ4v) is 2.93. The van der Waals surface area contributed by atoms with Crippen molar-refractivity contribution in [3.8, 4) is 0 Å². The van der Waals surface area contributed by atoms with Gasteiger partial charge >= 0.3 is 5.97 Å². The number of rotatable bonds is 3. The molecular formula is C17H18N4O3. The summed E-state index contributed by atoms with van der Waals surface area (Å²) < 4.78 is 5.28. The Hall–Kier alpha value is -3.09. The number of allylic oxidation sites excluding steroid dienone is 2. The van der Waals surface area contributed by atoms with Crippen molar-refractivity contribution in [2.75, 3.05) is 10.6 Å². The number of anilines is 2. The van der Waals surface area contributed by atoms with Crippen LogP contribution in [-0.2, 0) is 4.79 Å². The quantitative estimate of drug-likeness (QED) is 0.835. The van der Waals surface area contributed by atoms with Gasteiger partial charge in [-0.1, -0.05) is 24.2 Å². The van der Waals surface area contributed by atoms with Crippen LogP contribution in [0.4, 0.5) is 11.4 Å². The second kappa shape index (κ2) is 5.84. The number of aromatic nitrogens is 2. The monoisotopic (exact) mass is 326 g/mol. The van der Waals surface area contributed by atoms with Crippen LogP contribution in [0.15, 0.2) is 46.1 Å². The Balaban J connectivity index is 2.27. The molecule has 1 aliphatic heterocycles. The summed E-state index contributed by atoms with van der Waals surface area (Å²) in [4.78, 5) is 17.9. The number of carboxylic acids is 1. The zero-order chi connectivity index (χ0) is 17.4. The fourth-order valence-electron chi connectivity index (χ4n) is 2.93. The molecule has 1 atom stereocenters. The number of nitrogens with zero attached hydrogens (tertiary/aromatic N) is 3. The smallest absolute Gasteiger partial charge is 0.334 e. The maximum Gasteiger partial charge on any atom is 0.334 e. The number of carbonyl (C=O) groups is 1. The lowest BCUT2D eigenvalue weighted by molar-refractivity contribution is -0.133. The molecule has 0 spiro atoms. The predicted octanol–water partition coefficient (Wildman–Crippen LogP) is 2.82. The van der Waals surface area contributed by atoms with E-state index in [0.29, 0.717) is 17.2 Å². The van der Waals surface area contributed by atoms with Crippen molar-refractivity contribution in [2.24, 2.45) is 5.92 Å². The largest absolute Gasteiger partial charge is 0.478 e. The molecule has 0 amide bonds. The first-order valence-corrected chi connectivity index (χ1v) is 7.50. The highest BCUT2D eigenvalue weighted by Crippen LogP contribution is 2.39. The molecule has 1 unspecified atom stereocenters. The summed E-state index contributed by atoms with van der Waals surface area (Å²) in [7, 11) is 0. The zero-order valence-corrected chi connectivity index (χ0v) is 13.6. The molecule has 3 N–H and O–H groups in total. The molecule has 0 bridgehead atoms. The molecule has 1 aromatic carbocycles. The van der Waals surface area contributed by atoms with Crippen LogP contribution in [0.5, 0.6) is 0 Å². The van der Waals surface area contributed by atoms with Gasteiger partial charge in [-0.15, -0.1) is 0 Å². The van der Waals surface area contributed by atoms with E-state index in [1.807, 2.05) is 32.1 Å². The summed E-state index contributed by atoms with van der Waals surface area (Å²) >= 11 is 0. The van der Waals surface area contributed by atoms with Crippen LogP contribution >= 0.6 is 0 Å². The summed E-state index contributed by atoms with van der Waals surface area (Å²) in [5.74, 6) is -0.700. The summed E-state index contributed by atoms with van der Waals surface area (Å²) in [6, 6.07) is 7.21. The minimum Gasteiger partial charge on any atom is -0.478 e. The maximum absolute atomic E-state index is 11.9. The van der Waals surface area contributed by atoms with Gasteiger partial charge in [0.2, 0.25) is 0 Å². The highest BCUT2D eigenvalue weighted by atomic mass is 16.5. The second-order valence-electron chi connectivity index (χ2n) is 5.74. The topological polar surface area (TPSA) is 105 Å². The molecule has 0 radical (unpaired) electrons. The summed E-state index contributed by atoms with van der Waals surface area (Å²) in [5.41, 5.74) is 8.65. The Kier molecular flexibility index (Phi) is 3.84. The van der Waals surface area contributed by atoms with Gasteiger partial charge < -0.3 is 20.3 Å². The summed E-state index contributed by atoms with van der Waals surface area (Å²) in [6.07, 6.45) is 1.89. The standard InChI is InChI=1S/C17H18N4O3/c1-9-7-10(2)21(13-6-4-5-12(18)8-13)15(14(9)17(22)23)16-19-11(3)20-24-16/h4-9H,18H2,1-3H3,(H,22,23). The predicted molar refractivity (Wildman–Crippen MR) is 89.8 cm³/mol. The third-order valence-electron chi connectivity index (χ3n) is 3.87. The molecule has 1 aliphatic rings. The van der Waals surface area contributed by atoms with Gasteiger partial charge in [-0.2, -0.15) is 4.98 Å². The lowest BCUT2D eigenvalue weighted by Crippen LogP contribution is -2.29. The van der Waals surface area contributed by atoms with Gasteiger partial charge in [0.05, 0.1) is 5.57 Å². The molecule has 7 heteroatoms. The molecule has 2 heterocycles. The van der Waals surface area contributed by atoms with Crippen LogP contribution in [0.1, 0.15) is 25.6 Å². The molecule has 2 aromatic rings. The lowest BCUT2D eigenvalue weighted by Gasteiger charge is -2.33. The molecule has 24 heavy (non-hydrogen) atoms. The SMILES string of the molecule is CC1=CC(C)C(C(=O)O)=C(c2nc(C)no2)N1c1cccc(N)c1. The van der Waals surface area contributed by atoms with E-state index in [9.17, 15) is 9.90 Å².